The third-order valence-corrected chi connectivity index (χ3v) is 10.5. The zero-order chi connectivity index (χ0) is 16.6. The SMILES string of the molecule is C[C@]12CC[C@H](O)CC1=CC[C@@H]1[C@@H]2CC[C@@]2(C)[C@H]1CCC21OCCS1. The van der Waals surface area contributed by atoms with Crippen LogP contribution in [0, 0.1) is 28.6 Å². The molecule has 0 radical (unpaired) electrons. The zero-order valence-electron chi connectivity index (χ0n) is 15.2. The fourth-order valence-corrected chi connectivity index (χ4v) is 9.04. The second-order valence-electron chi connectivity index (χ2n) is 9.60. The van der Waals surface area contributed by atoms with Crippen molar-refractivity contribution < 1.29 is 9.84 Å². The molecule has 0 amide bonds. The number of hydrogen-bond donors (Lipinski definition) is 1. The third-order valence-electron chi connectivity index (χ3n) is 8.88. The average molecular weight is 349 g/mol. The van der Waals surface area contributed by atoms with Gasteiger partial charge in [0.15, 0.2) is 0 Å². The summed E-state index contributed by atoms with van der Waals surface area (Å²) in [6.45, 7) is 6.04. The molecule has 1 heterocycles. The lowest BCUT2D eigenvalue weighted by molar-refractivity contribution is -0.100. The van der Waals surface area contributed by atoms with Crippen LogP contribution < -0.4 is 0 Å². The molecule has 3 heteroatoms. The monoisotopic (exact) mass is 348 g/mol. The molecule has 1 N–H and O–H groups in total. The lowest BCUT2D eigenvalue weighted by Gasteiger charge is -2.59. The van der Waals surface area contributed by atoms with Gasteiger partial charge in [0.25, 0.3) is 0 Å². The van der Waals surface area contributed by atoms with Crippen molar-refractivity contribution in [3.8, 4) is 0 Å². The summed E-state index contributed by atoms with van der Waals surface area (Å²) in [6.07, 6.45) is 12.2. The number of aliphatic hydroxyl groups excluding tert-OH is 1. The summed E-state index contributed by atoms with van der Waals surface area (Å²) < 4.78 is 6.41. The molecule has 1 unspecified atom stereocenters. The maximum atomic E-state index is 10.1. The van der Waals surface area contributed by atoms with E-state index in [2.05, 4.69) is 31.7 Å². The smallest absolute Gasteiger partial charge is 0.119 e. The molecule has 4 aliphatic carbocycles. The second kappa shape index (κ2) is 5.27. The Morgan fingerprint density at radius 1 is 1.12 bits per heavy atom. The second-order valence-corrected chi connectivity index (χ2v) is 11.0. The van der Waals surface area contributed by atoms with E-state index in [0.29, 0.717) is 10.8 Å². The van der Waals surface area contributed by atoms with Crippen molar-refractivity contribution in [1.82, 2.24) is 0 Å². The number of ether oxygens (including phenoxy) is 1. The summed E-state index contributed by atoms with van der Waals surface area (Å²) in [7, 11) is 0. The van der Waals surface area contributed by atoms with Crippen LogP contribution in [0.25, 0.3) is 0 Å². The number of hydrogen-bond acceptors (Lipinski definition) is 3. The van der Waals surface area contributed by atoms with Crippen LogP contribution >= 0.6 is 11.8 Å². The van der Waals surface area contributed by atoms with Crippen LogP contribution in [0.15, 0.2) is 11.6 Å². The molecule has 0 aromatic carbocycles. The van der Waals surface area contributed by atoms with Crippen LogP contribution in [-0.4, -0.2) is 28.5 Å². The van der Waals surface area contributed by atoms with Gasteiger partial charge in [0.2, 0.25) is 0 Å². The van der Waals surface area contributed by atoms with E-state index in [-0.39, 0.29) is 11.0 Å². The summed E-state index contributed by atoms with van der Waals surface area (Å²) >= 11 is 2.13. The molecule has 1 saturated heterocycles. The first-order valence-electron chi connectivity index (χ1n) is 10.1. The van der Waals surface area contributed by atoms with E-state index in [1.54, 1.807) is 5.57 Å². The maximum absolute atomic E-state index is 10.1. The average Bonchev–Trinajstić information content (AvgIpc) is 3.15. The van der Waals surface area contributed by atoms with Gasteiger partial charge in [-0.25, -0.2) is 0 Å². The summed E-state index contributed by atoms with van der Waals surface area (Å²) in [5.74, 6) is 3.71. The highest BCUT2D eigenvalue weighted by Gasteiger charge is 2.65. The number of rotatable bonds is 0. The Kier molecular flexibility index (Phi) is 3.56. The van der Waals surface area contributed by atoms with Crippen molar-refractivity contribution in [2.75, 3.05) is 12.4 Å². The quantitative estimate of drug-likeness (QED) is 0.640. The Morgan fingerprint density at radius 3 is 2.75 bits per heavy atom. The molecular formula is C21H32O2S. The van der Waals surface area contributed by atoms with E-state index >= 15 is 0 Å². The van der Waals surface area contributed by atoms with Gasteiger partial charge in [-0.15, -0.1) is 11.8 Å². The van der Waals surface area contributed by atoms with Crippen LogP contribution in [-0.2, 0) is 4.74 Å². The highest BCUT2D eigenvalue weighted by atomic mass is 32.2. The van der Waals surface area contributed by atoms with Gasteiger partial charge in [-0.05, 0) is 74.5 Å². The van der Waals surface area contributed by atoms with Crippen molar-refractivity contribution >= 4 is 11.8 Å². The Labute approximate surface area is 150 Å². The highest BCUT2D eigenvalue weighted by Crippen LogP contribution is 2.70. The zero-order valence-corrected chi connectivity index (χ0v) is 16.0. The van der Waals surface area contributed by atoms with E-state index in [9.17, 15) is 5.11 Å². The lowest BCUT2D eigenvalue weighted by atomic mass is 9.48. The predicted octanol–water partition coefficient (Wildman–Crippen LogP) is 4.77. The first-order valence-corrected chi connectivity index (χ1v) is 11.1. The van der Waals surface area contributed by atoms with Gasteiger partial charge in [-0.2, -0.15) is 0 Å². The summed E-state index contributed by atoms with van der Waals surface area (Å²) in [6, 6.07) is 0. The lowest BCUT2D eigenvalue weighted by Crippen LogP contribution is -2.53. The largest absolute Gasteiger partial charge is 0.393 e. The normalized spacial score (nSPS) is 56.5. The molecule has 134 valence electrons. The van der Waals surface area contributed by atoms with Gasteiger partial charge in [0.05, 0.1) is 12.7 Å². The minimum atomic E-state index is -0.0900. The molecule has 1 spiro atoms. The van der Waals surface area contributed by atoms with Gasteiger partial charge in [-0.1, -0.05) is 25.5 Å². The van der Waals surface area contributed by atoms with Gasteiger partial charge < -0.3 is 9.84 Å². The summed E-state index contributed by atoms with van der Waals surface area (Å²) in [4.78, 5) is 0.135. The minimum Gasteiger partial charge on any atom is -0.393 e. The maximum Gasteiger partial charge on any atom is 0.119 e. The number of aliphatic hydroxyl groups is 1. The van der Waals surface area contributed by atoms with Crippen molar-refractivity contribution in [2.24, 2.45) is 28.6 Å². The molecule has 7 atom stereocenters. The molecule has 5 rings (SSSR count). The molecular weight excluding hydrogens is 316 g/mol. The minimum absolute atomic E-state index is 0.0900. The molecule has 4 fully saturated rings. The van der Waals surface area contributed by atoms with E-state index < -0.39 is 0 Å². The van der Waals surface area contributed by atoms with Crippen molar-refractivity contribution in [3.63, 3.8) is 0 Å². The molecule has 0 aromatic rings. The van der Waals surface area contributed by atoms with Gasteiger partial charge >= 0.3 is 0 Å². The third kappa shape index (κ3) is 1.93. The van der Waals surface area contributed by atoms with E-state index in [0.717, 1.165) is 37.2 Å². The first-order chi connectivity index (χ1) is 11.5. The predicted molar refractivity (Wildman–Crippen MR) is 98.9 cm³/mol. The number of fused-ring (bicyclic) bond motifs is 6. The fourth-order valence-electron chi connectivity index (χ4n) is 7.53. The Morgan fingerprint density at radius 2 is 1.96 bits per heavy atom. The van der Waals surface area contributed by atoms with Crippen LogP contribution in [0.2, 0.25) is 0 Å². The summed E-state index contributed by atoms with van der Waals surface area (Å²) in [5, 5.41) is 10.1. The molecule has 1 aliphatic heterocycles. The van der Waals surface area contributed by atoms with E-state index in [1.807, 2.05) is 0 Å². The molecule has 24 heavy (non-hydrogen) atoms. The molecule has 0 bridgehead atoms. The van der Waals surface area contributed by atoms with E-state index in [1.165, 1.54) is 44.3 Å². The van der Waals surface area contributed by atoms with Crippen molar-refractivity contribution in [2.45, 2.75) is 76.3 Å². The Hall–Kier alpha value is 0.01000. The number of allylic oxidation sites excluding steroid dienone is 1. The van der Waals surface area contributed by atoms with Gasteiger partial charge in [0.1, 0.15) is 4.93 Å². The Balaban J connectivity index is 1.49. The van der Waals surface area contributed by atoms with Gasteiger partial charge in [-0.3, -0.25) is 0 Å². The topological polar surface area (TPSA) is 29.5 Å². The Bertz CT molecular complexity index is 566. The standard InChI is InChI=1S/C21H32O2S/c1-19-8-5-15(22)13-14(19)3-4-16-17(19)6-9-20(2)18(16)7-10-21(20)23-11-12-24-21/h3,15-18,22H,4-13H2,1-2H3/t15-,16+,17-,18-,19-,20-,21?/m0/s1. The summed E-state index contributed by atoms with van der Waals surface area (Å²) in [5.41, 5.74) is 2.33. The fraction of sp³-hybridized carbons (Fsp3) is 0.905. The van der Waals surface area contributed by atoms with Crippen LogP contribution in [0.4, 0.5) is 0 Å². The van der Waals surface area contributed by atoms with Crippen LogP contribution in [0.5, 0.6) is 0 Å². The van der Waals surface area contributed by atoms with Crippen molar-refractivity contribution in [3.05, 3.63) is 11.6 Å². The van der Waals surface area contributed by atoms with Gasteiger partial charge in [0, 0.05) is 11.2 Å². The van der Waals surface area contributed by atoms with Crippen molar-refractivity contribution in [1.29, 1.82) is 0 Å². The molecule has 2 nitrogen and oxygen atoms in total. The number of thioether (sulfide) groups is 1. The first kappa shape index (κ1) is 16.2. The highest BCUT2D eigenvalue weighted by molar-refractivity contribution is 8.00. The van der Waals surface area contributed by atoms with Crippen LogP contribution in [0.3, 0.4) is 0 Å². The molecule has 5 aliphatic rings. The van der Waals surface area contributed by atoms with Crippen LogP contribution in [0.1, 0.15) is 65.2 Å². The molecule has 0 aromatic heterocycles. The van der Waals surface area contributed by atoms with E-state index in [4.69, 9.17) is 4.74 Å². The molecule has 3 saturated carbocycles.